The van der Waals surface area contributed by atoms with Crippen molar-refractivity contribution in [3.8, 4) is 11.5 Å². The van der Waals surface area contributed by atoms with Crippen LogP contribution in [0.1, 0.15) is 25.5 Å². The van der Waals surface area contributed by atoms with Gasteiger partial charge in [-0.1, -0.05) is 6.07 Å². The fraction of sp³-hybridized carbons (Fsp3) is 0.571. The lowest BCUT2D eigenvalue weighted by atomic mass is 9.98. The Bertz CT molecular complexity index is 445. The second kappa shape index (κ2) is 4.44. The molecule has 0 spiro atoms. The van der Waals surface area contributed by atoms with E-state index in [4.69, 9.17) is 14.2 Å². The minimum atomic E-state index is 0.0101. The van der Waals surface area contributed by atoms with Crippen molar-refractivity contribution < 1.29 is 14.2 Å². The van der Waals surface area contributed by atoms with Gasteiger partial charge in [0.05, 0.1) is 19.3 Å². The third-order valence-corrected chi connectivity index (χ3v) is 3.28. The molecule has 1 atom stereocenters. The molecule has 1 N–H and O–H groups in total. The van der Waals surface area contributed by atoms with E-state index in [1.165, 1.54) is 5.56 Å². The van der Waals surface area contributed by atoms with Gasteiger partial charge in [0.15, 0.2) is 11.5 Å². The zero-order valence-corrected chi connectivity index (χ0v) is 10.9. The highest BCUT2D eigenvalue weighted by Gasteiger charge is 2.29. The molecule has 4 heteroatoms. The maximum absolute atomic E-state index is 5.66. The lowest BCUT2D eigenvalue weighted by Gasteiger charge is -2.37. The highest BCUT2D eigenvalue weighted by molar-refractivity contribution is 5.44. The van der Waals surface area contributed by atoms with Gasteiger partial charge in [-0.05, 0) is 31.5 Å². The predicted octanol–water partition coefficient (Wildman–Crippen LogP) is 1.90. The maximum atomic E-state index is 5.66. The molecule has 1 unspecified atom stereocenters. The first-order valence-electron chi connectivity index (χ1n) is 6.39. The van der Waals surface area contributed by atoms with Crippen molar-refractivity contribution in [2.24, 2.45) is 0 Å². The van der Waals surface area contributed by atoms with Crippen molar-refractivity contribution in [1.82, 2.24) is 5.32 Å². The van der Waals surface area contributed by atoms with Crippen LogP contribution in [0.25, 0.3) is 0 Å². The van der Waals surface area contributed by atoms with Crippen LogP contribution in [0.5, 0.6) is 11.5 Å². The first-order valence-corrected chi connectivity index (χ1v) is 6.39. The van der Waals surface area contributed by atoms with Gasteiger partial charge in [0.1, 0.15) is 13.2 Å². The van der Waals surface area contributed by atoms with Crippen LogP contribution < -0.4 is 14.8 Å². The zero-order valence-electron chi connectivity index (χ0n) is 10.9. The largest absolute Gasteiger partial charge is 0.486 e. The number of benzene rings is 1. The lowest BCUT2D eigenvalue weighted by molar-refractivity contribution is 0.0126. The van der Waals surface area contributed by atoms with Crippen molar-refractivity contribution >= 4 is 0 Å². The molecule has 1 aromatic rings. The second-order valence-corrected chi connectivity index (χ2v) is 5.50. The van der Waals surface area contributed by atoms with Gasteiger partial charge in [0, 0.05) is 5.54 Å². The average molecular weight is 249 g/mol. The van der Waals surface area contributed by atoms with Gasteiger partial charge < -0.3 is 19.5 Å². The fourth-order valence-corrected chi connectivity index (χ4v) is 2.44. The molecule has 1 aromatic carbocycles. The third-order valence-electron chi connectivity index (χ3n) is 3.28. The van der Waals surface area contributed by atoms with Gasteiger partial charge in [-0.2, -0.15) is 0 Å². The molecule has 0 amide bonds. The summed E-state index contributed by atoms with van der Waals surface area (Å²) in [5, 5.41) is 3.59. The summed E-state index contributed by atoms with van der Waals surface area (Å²) in [4.78, 5) is 0. The molecule has 2 aliphatic heterocycles. The highest BCUT2D eigenvalue weighted by atomic mass is 16.6. The molecule has 1 fully saturated rings. The van der Waals surface area contributed by atoms with Crippen molar-refractivity contribution in [3.63, 3.8) is 0 Å². The van der Waals surface area contributed by atoms with E-state index in [1.54, 1.807) is 0 Å². The average Bonchev–Trinajstić information content (AvgIpc) is 2.37. The molecule has 98 valence electrons. The number of morpholine rings is 1. The summed E-state index contributed by atoms with van der Waals surface area (Å²) in [5.41, 5.74) is 1.20. The Hall–Kier alpha value is -1.26. The van der Waals surface area contributed by atoms with Gasteiger partial charge in [-0.25, -0.2) is 0 Å². The molecule has 0 saturated carbocycles. The van der Waals surface area contributed by atoms with Crippen LogP contribution in [0.4, 0.5) is 0 Å². The van der Waals surface area contributed by atoms with Crippen LogP contribution in [0.3, 0.4) is 0 Å². The predicted molar refractivity (Wildman–Crippen MR) is 68.2 cm³/mol. The Labute approximate surface area is 107 Å². The minimum absolute atomic E-state index is 0.0101. The van der Waals surface area contributed by atoms with E-state index in [1.807, 2.05) is 6.07 Å². The minimum Gasteiger partial charge on any atom is -0.486 e. The van der Waals surface area contributed by atoms with Crippen molar-refractivity contribution in [3.05, 3.63) is 23.8 Å². The molecule has 0 aromatic heterocycles. The van der Waals surface area contributed by atoms with E-state index >= 15 is 0 Å². The van der Waals surface area contributed by atoms with Gasteiger partial charge >= 0.3 is 0 Å². The van der Waals surface area contributed by atoms with Crippen LogP contribution in [-0.2, 0) is 4.74 Å². The summed E-state index contributed by atoms with van der Waals surface area (Å²) in [6, 6.07) is 6.32. The summed E-state index contributed by atoms with van der Waals surface area (Å²) in [7, 11) is 0. The van der Waals surface area contributed by atoms with Crippen molar-refractivity contribution in [2.45, 2.75) is 25.4 Å². The standard InChI is InChI=1S/C14H19NO3/c1-14(2)9-16-8-11(15-14)10-3-4-12-13(7-10)18-6-5-17-12/h3-4,7,11,15H,5-6,8-9H2,1-2H3. The Morgan fingerprint density at radius 3 is 2.72 bits per heavy atom. The fourth-order valence-electron chi connectivity index (χ4n) is 2.44. The molecular weight excluding hydrogens is 230 g/mol. The molecule has 0 bridgehead atoms. The SMILES string of the molecule is CC1(C)COCC(c2ccc3c(c2)OCCO3)N1. The monoisotopic (exact) mass is 249 g/mol. The van der Waals surface area contributed by atoms with Crippen LogP contribution in [0, 0.1) is 0 Å². The van der Waals surface area contributed by atoms with E-state index in [0.717, 1.165) is 18.1 Å². The first-order chi connectivity index (χ1) is 8.64. The maximum Gasteiger partial charge on any atom is 0.161 e. The quantitative estimate of drug-likeness (QED) is 0.825. The van der Waals surface area contributed by atoms with E-state index in [0.29, 0.717) is 19.8 Å². The summed E-state index contributed by atoms with van der Waals surface area (Å²) in [6.07, 6.45) is 0. The topological polar surface area (TPSA) is 39.7 Å². The van der Waals surface area contributed by atoms with Crippen molar-refractivity contribution in [2.75, 3.05) is 26.4 Å². The molecule has 18 heavy (non-hydrogen) atoms. The van der Waals surface area contributed by atoms with Gasteiger partial charge in [-0.3, -0.25) is 0 Å². The summed E-state index contributed by atoms with van der Waals surface area (Å²) < 4.78 is 16.8. The molecule has 4 nitrogen and oxygen atoms in total. The Morgan fingerprint density at radius 2 is 1.94 bits per heavy atom. The summed E-state index contributed by atoms with van der Waals surface area (Å²) in [5.74, 6) is 1.67. The van der Waals surface area contributed by atoms with E-state index in [-0.39, 0.29) is 11.6 Å². The second-order valence-electron chi connectivity index (χ2n) is 5.50. The van der Waals surface area contributed by atoms with E-state index in [2.05, 4.69) is 31.3 Å². The molecule has 0 aliphatic carbocycles. The molecule has 2 aliphatic rings. The number of nitrogens with one attached hydrogen (secondary N) is 1. The molecule has 1 saturated heterocycles. The molecule has 3 rings (SSSR count). The van der Waals surface area contributed by atoms with E-state index in [9.17, 15) is 0 Å². The number of fused-ring (bicyclic) bond motifs is 1. The lowest BCUT2D eigenvalue weighted by Crippen LogP contribution is -2.51. The van der Waals surface area contributed by atoms with Crippen LogP contribution in [0.15, 0.2) is 18.2 Å². The van der Waals surface area contributed by atoms with Crippen LogP contribution >= 0.6 is 0 Å². The van der Waals surface area contributed by atoms with Gasteiger partial charge in [0.2, 0.25) is 0 Å². The Morgan fingerprint density at radius 1 is 1.17 bits per heavy atom. The normalized spacial score (nSPS) is 25.8. The number of hydrogen-bond acceptors (Lipinski definition) is 4. The van der Waals surface area contributed by atoms with Crippen molar-refractivity contribution in [1.29, 1.82) is 0 Å². The number of rotatable bonds is 1. The molecular formula is C14H19NO3. The van der Waals surface area contributed by atoms with Crippen LogP contribution in [0.2, 0.25) is 0 Å². The third kappa shape index (κ3) is 2.31. The Balaban J connectivity index is 1.83. The molecule has 0 radical (unpaired) electrons. The zero-order chi connectivity index (χ0) is 12.6. The molecule has 2 heterocycles. The van der Waals surface area contributed by atoms with E-state index < -0.39 is 0 Å². The number of hydrogen-bond donors (Lipinski definition) is 1. The van der Waals surface area contributed by atoms with Crippen LogP contribution in [-0.4, -0.2) is 32.0 Å². The summed E-state index contributed by atoms with van der Waals surface area (Å²) in [6.45, 7) is 6.99. The smallest absolute Gasteiger partial charge is 0.161 e. The summed E-state index contributed by atoms with van der Waals surface area (Å²) >= 11 is 0. The van der Waals surface area contributed by atoms with Gasteiger partial charge in [-0.15, -0.1) is 0 Å². The van der Waals surface area contributed by atoms with Gasteiger partial charge in [0.25, 0.3) is 0 Å². The highest BCUT2D eigenvalue weighted by Crippen LogP contribution is 2.33. The number of ether oxygens (including phenoxy) is 3. The Kier molecular flexibility index (Phi) is 2.92. The first kappa shape index (κ1) is 11.8.